The van der Waals surface area contributed by atoms with Crippen LogP contribution in [0.3, 0.4) is 0 Å². The van der Waals surface area contributed by atoms with E-state index in [0.29, 0.717) is 5.92 Å². The molecule has 0 spiro atoms. The molecule has 4 nitrogen and oxygen atoms in total. The summed E-state index contributed by atoms with van der Waals surface area (Å²) in [5.41, 5.74) is 9.31. The molecule has 2 heterocycles. The number of rotatable bonds is 2. The van der Waals surface area contributed by atoms with Crippen LogP contribution < -0.4 is 15.5 Å². The summed E-state index contributed by atoms with van der Waals surface area (Å²) in [5, 5.41) is 0. The van der Waals surface area contributed by atoms with Gasteiger partial charge in [-0.15, -0.1) is 0 Å². The highest BCUT2D eigenvalue weighted by molar-refractivity contribution is 5.79. The van der Waals surface area contributed by atoms with Gasteiger partial charge in [0.2, 0.25) is 0 Å². The van der Waals surface area contributed by atoms with Gasteiger partial charge in [-0.05, 0) is 25.0 Å². The van der Waals surface area contributed by atoms with Gasteiger partial charge in [0, 0.05) is 12.1 Å². The van der Waals surface area contributed by atoms with Crippen molar-refractivity contribution in [2.75, 3.05) is 17.2 Å². The first-order valence-corrected chi connectivity index (χ1v) is 6.69. The van der Waals surface area contributed by atoms with Crippen molar-refractivity contribution in [2.45, 2.75) is 26.7 Å². The Kier molecular flexibility index (Phi) is 2.66. The van der Waals surface area contributed by atoms with E-state index < -0.39 is 0 Å². The van der Waals surface area contributed by atoms with Gasteiger partial charge in [-0.2, -0.15) is 4.73 Å². The molecular weight excluding hydrogens is 238 g/mol. The van der Waals surface area contributed by atoms with Crippen LogP contribution in [0.1, 0.15) is 32.3 Å². The molecule has 0 fully saturated rings. The van der Waals surface area contributed by atoms with Crippen molar-refractivity contribution in [3.05, 3.63) is 36.0 Å². The molecule has 0 saturated carbocycles. The Morgan fingerprint density at radius 2 is 2.00 bits per heavy atom. The van der Waals surface area contributed by atoms with Crippen LogP contribution in [-0.2, 0) is 0 Å². The number of hydrogen-bond acceptors (Lipinski definition) is 3. The zero-order valence-electron chi connectivity index (χ0n) is 11.6. The molecule has 0 saturated heterocycles. The van der Waals surface area contributed by atoms with E-state index in [2.05, 4.69) is 31.7 Å². The third-order valence-corrected chi connectivity index (χ3v) is 3.56. The molecule has 3 rings (SSSR count). The molecule has 100 valence electrons. The van der Waals surface area contributed by atoms with E-state index in [9.17, 15) is 0 Å². The van der Waals surface area contributed by atoms with Crippen molar-refractivity contribution in [1.29, 1.82) is 0 Å². The molecule has 0 atom stereocenters. The average Bonchev–Trinajstić information content (AvgIpc) is 2.73. The summed E-state index contributed by atoms with van der Waals surface area (Å²) in [6.07, 6.45) is 1.99. The minimum Gasteiger partial charge on any atom is -0.395 e. The Morgan fingerprint density at radius 3 is 2.68 bits per heavy atom. The first-order valence-electron chi connectivity index (χ1n) is 6.69. The van der Waals surface area contributed by atoms with Gasteiger partial charge < -0.3 is 15.5 Å². The molecule has 0 radical (unpaired) electrons. The minimum absolute atomic E-state index is 0.378. The minimum atomic E-state index is 0.378. The number of aromatic nitrogens is 1. The SMILES string of the molecule is CCN1c2ccccc2On2cc(C(C)C)c(N)c21. The van der Waals surface area contributed by atoms with Crippen LogP contribution in [-0.4, -0.2) is 11.3 Å². The highest BCUT2D eigenvalue weighted by Gasteiger charge is 2.28. The van der Waals surface area contributed by atoms with Crippen LogP contribution >= 0.6 is 0 Å². The summed E-state index contributed by atoms with van der Waals surface area (Å²) < 4.78 is 1.79. The predicted molar refractivity (Wildman–Crippen MR) is 78.1 cm³/mol. The number of nitrogens with zero attached hydrogens (tertiary/aromatic N) is 2. The second-order valence-electron chi connectivity index (χ2n) is 5.11. The molecular formula is C15H19N3O. The zero-order chi connectivity index (χ0) is 13.6. The number of nitrogen functional groups attached to an aromatic ring is 1. The summed E-state index contributed by atoms with van der Waals surface area (Å²) in [7, 11) is 0. The molecule has 4 heteroatoms. The molecule has 0 amide bonds. The summed E-state index contributed by atoms with van der Waals surface area (Å²) in [6, 6.07) is 8.03. The van der Waals surface area contributed by atoms with E-state index in [0.717, 1.165) is 35.1 Å². The van der Waals surface area contributed by atoms with Gasteiger partial charge in [0.1, 0.15) is 0 Å². The highest BCUT2D eigenvalue weighted by Crippen LogP contribution is 2.44. The van der Waals surface area contributed by atoms with E-state index in [1.807, 2.05) is 24.4 Å². The molecule has 2 aromatic rings. The van der Waals surface area contributed by atoms with Crippen molar-refractivity contribution in [2.24, 2.45) is 0 Å². The molecule has 1 aromatic carbocycles. The van der Waals surface area contributed by atoms with Crippen LogP contribution in [0.5, 0.6) is 5.75 Å². The first kappa shape index (κ1) is 12.0. The summed E-state index contributed by atoms with van der Waals surface area (Å²) >= 11 is 0. The number of nitrogens with two attached hydrogens (primary N) is 1. The van der Waals surface area contributed by atoms with Gasteiger partial charge in [0.05, 0.1) is 17.6 Å². The average molecular weight is 257 g/mol. The highest BCUT2D eigenvalue weighted by atomic mass is 16.7. The van der Waals surface area contributed by atoms with E-state index in [1.165, 1.54) is 0 Å². The van der Waals surface area contributed by atoms with Gasteiger partial charge in [0.15, 0.2) is 11.6 Å². The molecule has 0 aliphatic carbocycles. The number of hydrogen-bond donors (Lipinski definition) is 1. The normalized spacial score (nSPS) is 13.2. The third-order valence-electron chi connectivity index (χ3n) is 3.56. The van der Waals surface area contributed by atoms with Crippen LogP contribution in [0.25, 0.3) is 0 Å². The van der Waals surface area contributed by atoms with Crippen molar-refractivity contribution in [3.63, 3.8) is 0 Å². The zero-order valence-corrected chi connectivity index (χ0v) is 11.6. The molecule has 0 bridgehead atoms. The van der Waals surface area contributed by atoms with Crippen molar-refractivity contribution >= 4 is 17.2 Å². The van der Waals surface area contributed by atoms with Gasteiger partial charge >= 0.3 is 0 Å². The number of fused-ring (bicyclic) bond motifs is 2. The van der Waals surface area contributed by atoms with Crippen LogP contribution in [0.15, 0.2) is 30.5 Å². The van der Waals surface area contributed by atoms with Gasteiger partial charge in [-0.3, -0.25) is 0 Å². The number of benzene rings is 1. The maximum absolute atomic E-state index is 6.31. The monoisotopic (exact) mass is 257 g/mol. The maximum atomic E-state index is 6.31. The Hall–Kier alpha value is -2.10. The number of anilines is 3. The van der Waals surface area contributed by atoms with Gasteiger partial charge in [-0.25, -0.2) is 0 Å². The van der Waals surface area contributed by atoms with Crippen LogP contribution in [0, 0.1) is 0 Å². The van der Waals surface area contributed by atoms with Gasteiger partial charge in [0.25, 0.3) is 0 Å². The van der Waals surface area contributed by atoms with Crippen LogP contribution in [0.2, 0.25) is 0 Å². The lowest BCUT2D eigenvalue weighted by atomic mass is 10.1. The fourth-order valence-corrected chi connectivity index (χ4v) is 2.60. The molecule has 1 aliphatic rings. The lowest BCUT2D eigenvalue weighted by molar-refractivity contribution is 0.213. The quantitative estimate of drug-likeness (QED) is 0.895. The predicted octanol–water partition coefficient (Wildman–Crippen LogP) is 3.51. The molecule has 1 aliphatic heterocycles. The van der Waals surface area contributed by atoms with E-state index >= 15 is 0 Å². The van der Waals surface area contributed by atoms with Crippen molar-refractivity contribution < 1.29 is 4.84 Å². The Labute approximate surface area is 113 Å². The number of para-hydroxylation sites is 2. The molecule has 2 N–H and O–H groups in total. The molecule has 19 heavy (non-hydrogen) atoms. The van der Waals surface area contributed by atoms with Crippen molar-refractivity contribution in [3.8, 4) is 5.75 Å². The lowest BCUT2D eigenvalue weighted by Crippen LogP contribution is -2.27. The van der Waals surface area contributed by atoms with Crippen molar-refractivity contribution in [1.82, 2.24) is 4.73 Å². The topological polar surface area (TPSA) is 43.4 Å². The summed E-state index contributed by atoms with van der Waals surface area (Å²) in [5.74, 6) is 2.18. The Bertz CT molecular complexity index is 616. The standard InChI is InChI=1S/C15H19N3O/c1-4-17-12-7-5-6-8-13(12)19-18-9-11(10(2)3)14(16)15(17)18/h5-10H,4,16H2,1-3H3. The largest absolute Gasteiger partial charge is 0.395 e. The summed E-state index contributed by atoms with van der Waals surface area (Å²) in [6.45, 7) is 7.25. The Morgan fingerprint density at radius 1 is 1.26 bits per heavy atom. The fourth-order valence-electron chi connectivity index (χ4n) is 2.60. The maximum Gasteiger partial charge on any atom is 0.179 e. The second kappa shape index (κ2) is 4.23. The second-order valence-corrected chi connectivity index (χ2v) is 5.11. The molecule has 0 unspecified atom stereocenters. The van der Waals surface area contributed by atoms with E-state index in [4.69, 9.17) is 10.6 Å². The van der Waals surface area contributed by atoms with Crippen LogP contribution in [0.4, 0.5) is 17.2 Å². The van der Waals surface area contributed by atoms with E-state index in [-0.39, 0.29) is 0 Å². The van der Waals surface area contributed by atoms with E-state index in [1.54, 1.807) is 4.73 Å². The van der Waals surface area contributed by atoms with Gasteiger partial charge in [-0.1, -0.05) is 26.0 Å². The third kappa shape index (κ3) is 1.67. The molecule has 1 aromatic heterocycles. The summed E-state index contributed by atoms with van der Waals surface area (Å²) in [4.78, 5) is 8.11. The smallest absolute Gasteiger partial charge is 0.179 e. The lowest BCUT2D eigenvalue weighted by Gasteiger charge is -2.31. The first-order chi connectivity index (χ1) is 9.13. The Balaban J connectivity index is 2.19. The fraction of sp³-hybridized carbons (Fsp3) is 0.333.